The van der Waals surface area contributed by atoms with Gasteiger partial charge in [0.25, 0.3) is 0 Å². The summed E-state index contributed by atoms with van der Waals surface area (Å²) < 4.78 is 0. The van der Waals surface area contributed by atoms with E-state index in [4.69, 9.17) is 5.73 Å². The highest BCUT2D eigenvalue weighted by atomic mass is 16.2. The van der Waals surface area contributed by atoms with Crippen molar-refractivity contribution in [1.29, 1.82) is 0 Å². The van der Waals surface area contributed by atoms with E-state index in [9.17, 15) is 4.79 Å². The first-order valence-electron chi connectivity index (χ1n) is 9.46. The van der Waals surface area contributed by atoms with Crippen molar-refractivity contribution in [3.05, 3.63) is 35.9 Å². The normalized spacial score (nSPS) is 22.5. The van der Waals surface area contributed by atoms with Crippen LogP contribution < -0.4 is 5.73 Å². The van der Waals surface area contributed by atoms with Crippen LogP contribution in [0.1, 0.15) is 38.2 Å². The molecule has 1 aromatic carbocycles. The summed E-state index contributed by atoms with van der Waals surface area (Å²) in [6, 6.07) is 11.0. The van der Waals surface area contributed by atoms with Crippen molar-refractivity contribution in [2.75, 3.05) is 26.2 Å². The molecule has 0 saturated carbocycles. The van der Waals surface area contributed by atoms with Gasteiger partial charge in [-0.15, -0.1) is 0 Å². The molecule has 0 radical (unpaired) electrons. The number of amides is 1. The Kier molecular flexibility index (Phi) is 5.90. The molecule has 0 spiro atoms. The van der Waals surface area contributed by atoms with Crippen LogP contribution in [0, 0.1) is 5.92 Å². The Labute approximate surface area is 146 Å². The van der Waals surface area contributed by atoms with Crippen molar-refractivity contribution in [1.82, 2.24) is 9.80 Å². The SMILES string of the molecule is CC(C(=O)N1CCC(N)CC1)N1CCC(Cc2ccccc2)CC1. The molecule has 2 aliphatic heterocycles. The minimum atomic E-state index is 0.0111. The predicted octanol–water partition coefficient (Wildman–Crippen LogP) is 2.28. The maximum atomic E-state index is 12.7. The van der Waals surface area contributed by atoms with E-state index in [0.29, 0.717) is 5.91 Å². The quantitative estimate of drug-likeness (QED) is 0.922. The lowest BCUT2D eigenvalue weighted by Gasteiger charge is -2.39. The molecule has 1 amide bonds. The largest absolute Gasteiger partial charge is 0.341 e. The number of hydrogen-bond acceptors (Lipinski definition) is 3. The molecule has 0 bridgehead atoms. The second-order valence-corrected chi connectivity index (χ2v) is 7.51. The van der Waals surface area contributed by atoms with Crippen LogP contribution in [0.5, 0.6) is 0 Å². The van der Waals surface area contributed by atoms with E-state index in [2.05, 4.69) is 42.2 Å². The van der Waals surface area contributed by atoms with Gasteiger partial charge >= 0.3 is 0 Å². The molecule has 24 heavy (non-hydrogen) atoms. The number of nitrogens with zero attached hydrogens (tertiary/aromatic N) is 2. The highest BCUT2D eigenvalue weighted by Gasteiger charge is 2.30. The van der Waals surface area contributed by atoms with Gasteiger partial charge in [-0.1, -0.05) is 30.3 Å². The van der Waals surface area contributed by atoms with Crippen molar-refractivity contribution >= 4 is 5.91 Å². The summed E-state index contributed by atoms with van der Waals surface area (Å²) in [5.74, 6) is 1.04. The smallest absolute Gasteiger partial charge is 0.239 e. The van der Waals surface area contributed by atoms with E-state index >= 15 is 0 Å². The average Bonchev–Trinajstić information content (AvgIpc) is 2.63. The van der Waals surface area contributed by atoms with Crippen molar-refractivity contribution in [3.8, 4) is 0 Å². The average molecular weight is 329 g/mol. The fourth-order valence-corrected chi connectivity index (χ4v) is 4.03. The molecule has 2 heterocycles. The van der Waals surface area contributed by atoms with Crippen LogP contribution in [0.2, 0.25) is 0 Å². The topological polar surface area (TPSA) is 49.6 Å². The zero-order valence-electron chi connectivity index (χ0n) is 14.9. The fourth-order valence-electron chi connectivity index (χ4n) is 4.03. The van der Waals surface area contributed by atoms with Crippen LogP contribution in [0.3, 0.4) is 0 Å². The van der Waals surface area contributed by atoms with Gasteiger partial charge in [0.1, 0.15) is 0 Å². The summed E-state index contributed by atoms with van der Waals surface area (Å²) in [6.07, 6.45) is 5.44. The standard InChI is InChI=1S/C20H31N3O/c1-16(20(24)23-13-9-19(21)10-14-23)22-11-7-18(8-12-22)15-17-5-3-2-4-6-17/h2-6,16,18-19H,7-15,21H2,1H3. The first-order valence-corrected chi connectivity index (χ1v) is 9.46. The van der Waals surface area contributed by atoms with E-state index in [-0.39, 0.29) is 12.1 Å². The van der Waals surface area contributed by atoms with Crippen molar-refractivity contribution in [3.63, 3.8) is 0 Å². The van der Waals surface area contributed by atoms with Crippen LogP contribution in [0.4, 0.5) is 0 Å². The second-order valence-electron chi connectivity index (χ2n) is 7.51. The first kappa shape index (κ1) is 17.4. The molecular formula is C20H31N3O. The molecule has 132 valence electrons. The summed E-state index contributed by atoms with van der Waals surface area (Å²) in [5, 5.41) is 0. The number of nitrogens with two attached hydrogens (primary N) is 1. The molecular weight excluding hydrogens is 298 g/mol. The monoisotopic (exact) mass is 329 g/mol. The summed E-state index contributed by atoms with van der Waals surface area (Å²) in [4.78, 5) is 17.1. The molecule has 1 unspecified atom stereocenters. The molecule has 2 N–H and O–H groups in total. The molecule has 2 aliphatic rings. The van der Waals surface area contributed by atoms with Gasteiger partial charge in [-0.05, 0) is 63.6 Å². The lowest BCUT2D eigenvalue weighted by molar-refractivity contribution is -0.138. The molecule has 4 heteroatoms. The Morgan fingerprint density at radius 1 is 1.08 bits per heavy atom. The summed E-state index contributed by atoms with van der Waals surface area (Å²) in [5.41, 5.74) is 7.38. The van der Waals surface area contributed by atoms with Gasteiger partial charge in [0.15, 0.2) is 0 Å². The van der Waals surface area contributed by atoms with Gasteiger partial charge in [-0.25, -0.2) is 0 Å². The zero-order chi connectivity index (χ0) is 16.9. The summed E-state index contributed by atoms with van der Waals surface area (Å²) in [7, 11) is 0. The van der Waals surface area contributed by atoms with Gasteiger partial charge in [0.05, 0.1) is 6.04 Å². The zero-order valence-corrected chi connectivity index (χ0v) is 14.9. The first-order chi connectivity index (χ1) is 11.6. The number of hydrogen-bond donors (Lipinski definition) is 1. The number of likely N-dealkylation sites (tertiary alicyclic amines) is 2. The van der Waals surface area contributed by atoms with Crippen molar-refractivity contribution in [2.24, 2.45) is 11.7 Å². The van der Waals surface area contributed by atoms with E-state index in [1.165, 1.54) is 24.8 Å². The third kappa shape index (κ3) is 4.37. The maximum absolute atomic E-state index is 12.7. The van der Waals surface area contributed by atoms with Gasteiger partial charge in [0, 0.05) is 19.1 Å². The molecule has 4 nitrogen and oxygen atoms in total. The number of piperidine rings is 2. The third-order valence-corrected chi connectivity index (χ3v) is 5.77. The number of carbonyl (C=O) groups is 1. The van der Waals surface area contributed by atoms with Gasteiger partial charge in [-0.3, -0.25) is 9.69 Å². The predicted molar refractivity (Wildman–Crippen MR) is 97.7 cm³/mol. The van der Waals surface area contributed by atoms with E-state index in [1.54, 1.807) is 0 Å². The van der Waals surface area contributed by atoms with Crippen LogP contribution in [0.25, 0.3) is 0 Å². The Morgan fingerprint density at radius 2 is 1.71 bits per heavy atom. The molecule has 2 saturated heterocycles. The van der Waals surface area contributed by atoms with E-state index in [1.807, 2.05) is 4.90 Å². The minimum absolute atomic E-state index is 0.0111. The third-order valence-electron chi connectivity index (χ3n) is 5.77. The second kappa shape index (κ2) is 8.13. The van der Waals surface area contributed by atoms with Gasteiger partial charge in [-0.2, -0.15) is 0 Å². The van der Waals surface area contributed by atoms with Gasteiger partial charge in [0.2, 0.25) is 5.91 Å². The Morgan fingerprint density at radius 3 is 2.33 bits per heavy atom. The van der Waals surface area contributed by atoms with Gasteiger partial charge < -0.3 is 10.6 Å². The number of carbonyl (C=O) groups excluding carboxylic acids is 1. The molecule has 1 aromatic rings. The Hall–Kier alpha value is -1.39. The van der Waals surface area contributed by atoms with Crippen LogP contribution in [-0.2, 0) is 11.2 Å². The van der Waals surface area contributed by atoms with Crippen LogP contribution >= 0.6 is 0 Å². The summed E-state index contributed by atoms with van der Waals surface area (Å²) in [6.45, 7) is 5.81. The molecule has 0 aliphatic carbocycles. The van der Waals surface area contributed by atoms with E-state index in [0.717, 1.165) is 44.9 Å². The Balaban J connectivity index is 1.46. The Bertz CT molecular complexity index is 517. The maximum Gasteiger partial charge on any atom is 0.239 e. The van der Waals surface area contributed by atoms with E-state index < -0.39 is 0 Å². The fraction of sp³-hybridized carbons (Fsp3) is 0.650. The molecule has 2 fully saturated rings. The van der Waals surface area contributed by atoms with Crippen LogP contribution in [-0.4, -0.2) is 54.0 Å². The minimum Gasteiger partial charge on any atom is -0.341 e. The molecule has 3 rings (SSSR count). The highest BCUT2D eigenvalue weighted by molar-refractivity contribution is 5.81. The van der Waals surface area contributed by atoms with Crippen molar-refractivity contribution < 1.29 is 4.79 Å². The lowest BCUT2D eigenvalue weighted by atomic mass is 9.89. The van der Waals surface area contributed by atoms with Crippen LogP contribution in [0.15, 0.2) is 30.3 Å². The molecule has 0 aromatic heterocycles. The number of benzene rings is 1. The highest BCUT2D eigenvalue weighted by Crippen LogP contribution is 2.23. The summed E-state index contributed by atoms with van der Waals surface area (Å²) >= 11 is 0. The molecule has 1 atom stereocenters. The lowest BCUT2D eigenvalue weighted by Crippen LogP contribution is -2.52. The number of rotatable bonds is 4. The van der Waals surface area contributed by atoms with Crippen molar-refractivity contribution in [2.45, 2.75) is 51.1 Å².